The van der Waals surface area contributed by atoms with Gasteiger partial charge in [0.25, 0.3) is 0 Å². The van der Waals surface area contributed by atoms with Crippen LogP contribution in [0.5, 0.6) is 0 Å². The maximum absolute atomic E-state index is 5.01. The first-order chi connectivity index (χ1) is 10.3. The lowest BCUT2D eigenvalue weighted by atomic mass is 10.2. The molecular formula is C17H20BrNOS. The average Bonchev–Trinajstić information content (AvgIpc) is 2.52. The van der Waals surface area contributed by atoms with Gasteiger partial charge in [0.1, 0.15) is 0 Å². The molecule has 0 fully saturated rings. The van der Waals surface area contributed by atoms with Crippen LogP contribution in [-0.2, 0) is 17.0 Å². The van der Waals surface area contributed by atoms with E-state index in [1.54, 1.807) is 7.11 Å². The minimum Gasteiger partial charge on any atom is -0.383 e. The van der Waals surface area contributed by atoms with Crippen molar-refractivity contribution in [3.05, 3.63) is 64.1 Å². The normalized spacial score (nSPS) is 10.8. The second-order valence-electron chi connectivity index (χ2n) is 4.73. The SMILES string of the molecule is COCCNCc1ccc(SCc2ccc(Br)cc2)cc1. The molecule has 2 nitrogen and oxygen atoms in total. The average molecular weight is 366 g/mol. The maximum atomic E-state index is 5.01. The fourth-order valence-corrected chi connectivity index (χ4v) is 2.98. The number of hydrogen-bond acceptors (Lipinski definition) is 3. The Kier molecular flexibility index (Phi) is 7.30. The highest BCUT2D eigenvalue weighted by Gasteiger charge is 1.98. The molecule has 0 unspecified atom stereocenters. The Morgan fingerprint density at radius 2 is 1.67 bits per heavy atom. The molecule has 2 aromatic carbocycles. The molecule has 0 aromatic heterocycles. The molecule has 4 heteroatoms. The van der Waals surface area contributed by atoms with Crippen LogP contribution < -0.4 is 5.32 Å². The molecule has 1 N–H and O–H groups in total. The van der Waals surface area contributed by atoms with Crippen LogP contribution in [0.4, 0.5) is 0 Å². The molecule has 2 rings (SSSR count). The Labute approximate surface area is 139 Å². The number of thioether (sulfide) groups is 1. The topological polar surface area (TPSA) is 21.3 Å². The van der Waals surface area contributed by atoms with Crippen molar-refractivity contribution in [2.75, 3.05) is 20.3 Å². The van der Waals surface area contributed by atoms with Gasteiger partial charge in [-0.15, -0.1) is 11.8 Å². The molecule has 0 aliphatic heterocycles. The molecule has 2 aromatic rings. The smallest absolute Gasteiger partial charge is 0.0587 e. The van der Waals surface area contributed by atoms with Gasteiger partial charge in [-0.1, -0.05) is 40.2 Å². The summed E-state index contributed by atoms with van der Waals surface area (Å²) in [5.74, 6) is 0.999. The zero-order chi connectivity index (χ0) is 14.9. The zero-order valence-corrected chi connectivity index (χ0v) is 14.5. The van der Waals surface area contributed by atoms with Crippen LogP contribution in [0.3, 0.4) is 0 Å². The van der Waals surface area contributed by atoms with Crippen molar-refractivity contribution in [3.63, 3.8) is 0 Å². The number of rotatable bonds is 8. The first-order valence-corrected chi connectivity index (χ1v) is 8.71. The van der Waals surface area contributed by atoms with Crippen LogP contribution in [-0.4, -0.2) is 20.3 Å². The predicted octanol–water partition coefficient (Wildman–Crippen LogP) is 4.48. The van der Waals surface area contributed by atoms with Crippen molar-refractivity contribution in [2.45, 2.75) is 17.2 Å². The van der Waals surface area contributed by atoms with Gasteiger partial charge in [0.2, 0.25) is 0 Å². The highest BCUT2D eigenvalue weighted by atomic mass is 79.9. The minimum absolute atomic E-state index is 0.751. The lowest BCUT2D eigenvalue weighted by Gasteiger charge is -2.06. The summed E-state index contributed by atoms with van der Waals surface area (Å²) in [5, 5.41) is 3.35. The molecular weight excluding hydrogens is 346 g/mol. The summed E-state index contributed by atoms with van der Waals surface area (Å²) in [6.07, 6.45) is 0. The molecule has 0 radical (unpaired) electrons. The molecule has 0 heterocycles. The number of nitrogens with one attached hydrogen (secondary N) is 1. The molecule has 0 spiro atoms. The lowest BCUT2D eigenvalue weighted by Crippen LogP contribution is -2.18. The van der Waals surface area contributed by atoms with Crippen LogP contribution in [0.1, 0.15) is 11.1 Å². The number of benzene rings is 2. The van der Waals surface area contributed by atoms with E-state index >= 15 is 0 Å². The highest BCUT2D eigenvalue weighted by molar-refractivity contribution is 9.10. The summed E-state index contributed by atoms with van der Waals surface area (Å²) in [6.45, 7) is 2.53. The monoisotopic (exact) mass is 365 g/mol. The van der Waals surface area contributed by atoms with Crippen LogP contribution in [0.25, 0.3) is 0 Å². The Morgan fingerprint density at radius 3 is 2.33 bits per heavy atom. The Balaban J connectivity index is 1.78. The molecule has 21 heavy (non-hydrogen) atoms. The molecule has 0 aliphatic rings. The van der Waals surface area contributed by atoms with Crippen molar-refractivity contribution in [3.8, 4) is 0 Å². The quantitative estimate of drug-likeness (QED) is 0.550. The van der Waals surface area contributed by atoms with Gasteiger partial charge in [-0.2, -0.15) is 0 Å². The second-order valence-corrected chi connectivity index (χ2v) is 6.69. The predicted molar refractivity (Wildman–Crippen MR) is 93.7 cm³/mol. The van der Waals surface area contributed by atoms with Gasteiger partial charge in [0.05, 0.1) is 6.61 Å². The van der Waals surface area contributed by atoms with E-state index in [9.17, 15) is 0 Å². The summed E-state index contributed by atoms with van der Waals surface area (Å²) < 4.78 is 6.14. The lowest BCUT2D eigenvalue weighted by molar-refractivity contribution is 0.199. The molecule has 112 valence electrons. The summed E-state index contributed by atoms with van der Waals surface area (Å²) in [6, 6.07) is 17.2. The van der Waals surface area contributed by atoms with E-state index in [-0.39, 0.29) is 0 Å². The van der Waals surface area contributed by atoms with Gasteiger partial charge in [0.15, 0.2) is 0 Å². The van der Waals surface area contributed by atoms with E-state index in [0.717, 1.165) is 29.9 Å². The molecule has 0 amide bonds. The summed E-state index contributed by atoms with van der Waals surface area (Å²) >= 11 is 5.32. The minimum atomic E-state index is 0.751. The number of methoxy groups -OCH3 is 1. The largest absolute Gasteiger partial charge is 0.383 e. The fourth-order valence-electron chi connectivity index (χ4n) is 1.86. The van der Waals surface area contributed by atoms with E-state index in [0.29, 0.717) is 0 Å². The van der Waals surface area contributed by atoms with Crippen LogP contribution in [0.15, 0.2) is 57.9 Å². The van der Waals surface area contributed by atoms with E-state index < -0.39 is 0 Å². The summed E-state index contributed by atoms with van der Waals surface area (Å²) in [7, 11) is 1.72. The number of ether oxygens (including phenoxy) is 1. The Morgan fingerprint density at radius 1 is 1.00 bits per heavy atom. The van der Waals surface area contributed by atoms with E-state index in [1.165, 1.54) is 16.0 Å². The van der Waals surface area contributed by atoms with E-state index in [4.69, 9.17) is 4.74 Å². The van der Waals surface area contributed by atoms with Crippen LogP contribution >= 0.6 is 27.7 Å². The zero-order valence-electron chi connectivity index (χ0n) is 12.1. The van der Waals surface area contributed by atoms with Gasteiger partial charge in [-0.25, -0.2) is 0 Å². The summed E-state index contributed by atoms with van der Waals surface area (Å²) in [5.41, 5.74) is 2.65. The third kappa shape index (κ3) is 6.22. The van der Waals surface area contributed by atoms with E-state index in [2.05, 4.69) is 69.8 Å². The van der Waals surface area contributed by atoms with Gasteiger partial charge >= 0.3 is 0 Å². The van der Waals surface area contributed by atoms with Crippen molar-refractivity contribution in [2.24, 2.45) is 0 Å². The maximum Gasteiger partial charge on any atom is 0.0587 e. The molecule has 0 atom stereocenters. The fraction of sp³-hybridized carbons (Fsp3) is 0.294. The first-order valence-electron chi connectivity index (χ1n) is 6.94. The third-order valence-corrected chi connectivity index (χ3v) is 4.67. The van der Waals surface area contributed by atoms with E-state index in [1.807, 2.05) is 11.8 Å². The Hall–Kier alpha value is -0.810. The molecule has 0 aliphatic carbocycles. The number of halogens is 1. The standard InChI is InChI=1S/C17H20BrNOS/c1-20-11-10-19-12-14-4-8-17(9-5-14)21-13-15-2-6-16(18)7-3-15/h2-9,19H,10-13H2,1H3. The van der Waals surface area contributed by atoms with Crippen molar-refractivity contribution < 1.29 is 4.74 Å². The molecule has 0 saturated heterocycles. The first kappa shape index (κ1) is 16.6. The van der Waals surface area contributed by atoms with Gasteiger partial charge in [-0.3, -0.25) is 0 Å². The molecule has 0 bridgehead atoms. The molecule has 0 saturated carbocycles. The van der Waals surface area contributed by atoms with Crippen LogP contribution in [0.2, 0.25) is 0 Å². The second kappa shape index (κ2) is 9.26. The van der Waals surface area contributed by atoms with Gasteiger partial charge in [-0.05, 0) is 35.4 Å². The Bertz CT molecular complexity index is 527. The van der Waals surface area contributed by atoms with Crippen LogP contribution in [0, 0.1) is 0 Å². The highest BCUT2D eigenvalue weighted by Crippen LogP contribution is 2.23. The number of hydrogen-bond donors (Lipinski definition) is 1. The third-order valence-electron chi connectivity index (χ3n) is 3.05. The van der Waals surface area contributed by atoms with Crippen molar-refractivity contribution in [1.82, 2.24) is 5.32 Å². The van der Waals surface area contributed by atoms with Gasteiger partial charge < -0.3 is 10.1 Å². The summed E-state index contributed by atoms with van der Waals surface area (Å²) in [4.78, 5) is 1.30. The van der Waals surface area contributed by atoms with Crippen molar-refractivity contribution >= 4 is 27.7 Å². The van der Waals surface area contributed by atoms with Crippen molar-refractivity contribution in [1.29, 1.82) is 0 Å². The van der Waals surface area contributed by atoms with Gasteiger partial charge in [0, 0.05) is 35.3 Å².